The fraction of sp³-hybridized carbons (Fsp3) is 0.0952. The minimum atomic E-state index is -0.324. The van der Waals surface area contributed by atoms with Crippen LogP contribution in [0.25, 0.3) is 5.69 Å². The molecule has 1 amide bonds. The summed E-state index contributed by atoms with van der Waals surface area (Å²) in [6.07, 6.45) is 5.00. The van der Waals surface area contributed by atoms with Crippen LogP contribution in [0.2, 0.25) is 5.02 Å². The largest absolute Gasteiger partial charge is 0.465 e. The van der Waals surface area contributed by atoms with Crippen molar-refractivity contribution in [1.29, 1.82) is 0 Å². The van der Waals surface area contributed by atoms with Crippen molar-refractivity contribution in [1.82, 2.24) is 19.6 Å². The standard InChI is InChI=1S/C21H18ClN5O2/c22-19-14-27(18-9-5-2-6-10-18)25-21(19)29-15-20(28)24-17-11-23-26(13-17)12-16-7-3-1-4-8-16/h1-11,13-14H,12,15H2,(H,24,28). The summed E-state index contributed by atoms with van der Waals surface area (Å²) in [6.45, 7) is 0.412. The Hall–Kier alpha value is -3.58. The van der Waals surface area contributed by atoms with Crippen LogP contribution < -0.4 is 10.1 Å². The van der Waals surface area contributed by atoms with Crippen LogP contribution in [0.5, 0.6) is 5.88 Å². The number of halogens is 1. The predicted molar refractivity (Wildman–Crippen MR) is 110 cm³/mol. The molecule has 29 heavy (non-hydrogen) atoms. The first-order chi connectivity index (χ1) is 14.2. The number of carbonyl (C=O) groups is 1. The molecule has 0 fully saturated rings. The van der Waals surface area contributed by atoms with E-state index in [1.807, 2.05) is 60.7 Å². The van der Waals surface area contributed by atoms with Crippen molar-refractivity contribution in [3.05, 3.63) is 89.8 Å². The topological polar surface area (TPSA) is 74.0 Å². The van der Waals surface area contributed by atoms with Gasteiger partial charge in [-0.25, -0.2) is 4.68 Å². The van der Waals surface area contributed by atoms with Gasteiger partial charge in [-0.15, -0.1) is 5.10 Å². The van der Waals surface area contributed by atoms with Gasteiger partial charge in [0.1, 0.15) is 5.02 Å². The first-order valence-electron chi connectivity index (χ1n) is 8.97. The zero-order valence-electron chi connectivity index (χ0n) is 15.4. The van der Waals surface area contributed by atoms with Crippen LogP contribution in [0.3, 0.4) is 0 Å². The van der Waals surface area contributed by atoms with Crippen molar-refractivity contribution in [2.24, 2.45) is 0 Å². The lowest BCUT2D eigenvalue weighted by molar-refractivity contribution is -0.118. The molecule has 0 saturated heterocycles. The highest BCUT2D eigenvalue weighted by atomic mass is 35.5. The Balaban J connectivity index is 1.32. The molecule has 2 aromatic heterocycles. The summed E-state index contributed by atoms with van der Waals surface area (Å²) >= 11 is 6.17. The molecule has 0 bridgehead atoms. The Kier molecular flexibility index (Phi) is 5.58. The number of nitrogens with one attached hydrogen (secondary N) is 1. The quantitative estimate of drug-likeness (QED) is 0.506. The smallest absolute Gasteiger partial charge is 0.262 e. The van der Waals surface area contributed by atoms with Gasteiger partial charge in [0, 0.05) is 6.20 Å². The minimum absolute atomic E-state index is 0.199. The van der Waals surface area contributed by atoms with Crippen molar-refractivity contribution < 1.29 is 9.53 Å². The SMILES string of the molecule is O=C(COc1nn(-c2ccccc2)cc1Cl)Nc1cnn(Cc2ccccc2)c1. The number of nitrogens with zero attached hydrogens (tertiary/aromatic N) is 4. The maximum absolute atomic E-state index is 12.2. The first kappa shape index (κ1) is 18.8. The number of para-hydroxylation sites is 1. The van der Waals surface area contributed by atoms with Crippen molar-refractivity contribution in [2.75, 3.05) is 11.9 Å². The summed E-state index contributed by atoms with van der Waals surface area (Å²) in [7, 11) is 0. The van der Waals surface area contributed by atoms with Crippen molar-refractivity contribution in [2.45, 2.75) is 6.54 Å². The van der Waals surface area contributed by atoms with Crippen molar-refractivity contribution >= 4 is 23.2 Å². The highest BCUT2D eigenvalue weighted by molar-refractivity contribution is 6.31. The molecule has 0 aliphatic heterocycles. The summed E-state index contributed by atoms with van der Waals surface area (Å²) in [5, 5.41) is 11.6. The molecule has 0 aliphatic rings. The van der Waals surface area contributed by atoms with E-state index < -0.39 is 0 Å². The van der Waals surface area contributed by atoms with E-state index in [-0.39, 0.29) is 18.4 Å². The molecule has 0 spiro atoms. The van der Waals surface area contributed by atoms with Crippen LogP contribution in [0.15, 0.2) is 79.3 Å². The van der Waals surface area contributed by atoms with E-state index in [4.69, 9.17) is 16.3 Å². The average molecular weight is 408 g/mol. The number of hydrogen-bond donors (Lipinski definition) is 1. The second-order valence-electron chi connectivity index (χ2n) is 6.31. The molecule has 0 unspecified atom stereocenters. The third-order valence-electron chi connectivity index (χ3n) is 4.10. The van der Waals surface area contributed by atoms with E-state index in [9.17, 15) is 4.79 Å². The number of ether oxygens (including phenoxy) is 1. The summed E-state index contributed by atoms with van der Waals surface area (Å²) in [5.41, 5.74) is 2.57. The van der Waals surface area contributed by atoms with Gasteiger partial charge in [-0.3, -0.25) is 9.48 Å². The van der Waals surface area contributed by atoms with Gasteiger partial charge in [-0.2, -0.15) is 5.10 Å². The van der Waals surface area contributed by atoms with Crippen LogP contribution in [0.4, 0.5) is 5.69 Å². The van der Waals surface area contributed by atoms with Gasteiger partial charge >= 0.3 is 0 Å². The van der Waals surface area contributed by atoms with Gasteiger partial charge < -0.3 is 10.1 Å². The zero-order valence-corrected chi connectivity index (χ0v) is 16.2. The third-order valence-corrected chi connectivity index (χ3v) is 4.36. The zero-order chi connectivity index (χ0) is 20.1. The van der Waals surface area contributed by atoms with Gasteiger partial charge in [0.15, 0.2) is 6.61 Å². The monoisotopic (exact) mass is 407 g/mol. The molecule has 8 heteroatoms. The molecule has 146 valence electrons. The van der Waals surface area contributed by atoms with E-state index in [2.05, 4.69) is 15.5 Å². The maximum atomic E-state index is 12.2. The highest BCUT2D eigenvalue weighted by Crippen LogP contribution is 2.24. The Morgan fingerprint density at radius 1 is 1.03 bits per heavy atom. The van der Waals surface area contributed by atoms with Crippen LogP contribution in [-0.2, 0) is 11.3 Å². The van der Waals surface area contributed by atoms with E-state index in [1.165, 1.54) is 0 Å². The highest BCUT2D eigenvalue weighted by Gasteiger charge is 2.12. The van der Waals surface area contributed by atoms with E-state index in [0.717, 1.165) is 11.3 Å². The average Bonchev–Trinajstić information content (AvgIpc) is 3.34. The fourth-order valence-electron chi connectivity index (χ4n) is 2.76. The van der Waals surface area contributed by atoms with Gasteiger partial charge in [-0.05, 0) is 17.7 Å². The number of amides is 1. The second-order valence-corrected chi connectivity index (χ2v) is 6.72. The summed E-state index contributed by atoms with van der Waals surface area (Å²) in [4.78, 5) is 12.2. The van der Waals surface area contributed by atoms with Crippen LogP contribution >= 0.6 is 11.6 Å². The molecule has 2 aromatic carbocycles. The van der Waals surface area contributed by atoms with Gasteiger partial charge in [0.25, 0.3) is 11.8 Å². The lowest BCUT2D eigenvalue weighted by Gasteiger charge is -2.04. The Morgan fingerprint density at radius 2 is 1.76 bits per heavy atom. The molecule has 0 atom stereocenters. The van der Waals surface area contributed by atoms with E-state index >= 15 is 0 Å². The maximum Gasteiger partial charge on any atom is 0.262 e. The number of hydrogen-bond acceptors (Lipinski definition) is 4. The number of rotatable bonds is 7. The molecule has 4 aromatic rings. The molecule has 1 N–H and O–H groups in total. The number of anilines is 1. The van der Waals surface area contributed by atoms with Crippen LogP contribution in [-0.4, -0.2) is 32.1 Å². The molecule has 0 saturated carbocycles. The first-order valence-corrected chi connectivity index (χ1v) is 9.35. The van der Waals surface area contributed by atoms with Gasteiger partial charge in [0.05, 0.1) is 30.3 Å². The number of benzene rings is 2. The normalized spacial score (nSPS) is 10.7. The molecule has 2 heterocycles. The van der Waals surface area contributed by atoms with Crippen molar-refractivity contribution in [3.63, 3.8) is 0 Å². The summed E-state index contributed by atoms with van der Waals surface area (Å²) in [5.74, 6) is -0.125. The molecule has 0 aliphatic carbocycles. The molecular formula is C21H18ClN5O2. The lowest BCUT2D eigenvalue weighted by atomic mass is 10.2. The molecule has 0 radical (unpaired) electrons. The van der Waals surface area contributed by atoms with E-state index in [1.54, 1.807) is 28.0 Å². The summed E-state index contributed by atoms with van der Waals surface area (Å²) < 4.78 is 8.83. The number of aromatic nitrogens is 4. The Labute approximate surface area is 172 Å². The van der Waals surface area contributed by atoms with Crippen LogP contribution in [0, 0.1) is 0 Å². The third kappa shape index (κ3) is 4.83. The minimum Gasteiger partial charge on any atom is -0.465 e. The second kappa shape index (κ2) is 8.62. The van der Waals surface area contributed by atoms with Crippen LogP contribution in [0.1, 0.15) is 5.56 Å². The molecular weight excluding hydrogens is 390 g/mol. The summed E-state index contributed by atoms with van der Waals surface area (Å²) in [6, 6.07) is 19.5. The number of carbonyl (C=O) groups excluding carboxylic acids is 1. The van der Waals surface area contributed by atoms with Gasteiger partial charge in [-0.1, -0.05) is 60.1 Å². The molecule has 7 nitrogen and oxygen atoms in total. The fourth-order valence-corrected chi connectivity index (χ4v) is 2.95. The Morgan fingerprint density at radius 3 is 2.52 bits per heavy atom. The Bertz CT molecular complexity index is 1090. The van der Waals surface area contributed by atoms with Crippen molar-refractivity contribution in [3.8, 4) is 11.6 Å². The van der Waals surface area contributed by atoms with E-state index in [0.29, 0.717) is 17.3 Å². The van der Waals surface area contributed by atoms with Gasteiger partial charge in [0.2, 0.25) is 0 Å². The lowest BCUT2D eigenvalue weighted by Crippen LogP contribution is -2.20. The predicted octanol–water partition coefficient (Wildman–Crippen LogP) is 3.79. The molecule has 4 rings (SSSR count).